The van der Waals surface area contributed by atoms with E-state index in [-0.39, 0.29) is 12.4 Å². The molecule has 1 aliphatic heterocycles. The van der Waals surface area contributed by atoms with E-state index in [1.165, 1.54) is 7.11 Å². The Balaban J connectivity index is 1.94. The molecule has 0 fully saturated rings. The molecule has 26 heavy (non-hydrogen) atoms. The first-order valence-electron chi connectivity index (χ1n) is 8.29. The number of carbonyl (C=O) groups excluding carboxylic acids is 1. The maximum atomic E-state index is 12.9. The predicted molar refractivity (Wildman–Crippen MR) is 97.7 cm³/mol. The Labute approximate surface area is 152 Å². The van der Waals surface area contributed by atoms with Gasteiger partial charge in [-0.25, -0.2) is 0 Å². The number of ether oxygens (including phenoxy) is 3. The van der Waals surface area contributed by atoms with Crippen molar-refractivity contribution in [1.29, 1.82) is 5.26 Å². The zero-order valence-corrected chi connectivity index (χ0v) is 14.7. The molecule has 2 aromatic carbocycles. The standard InChI is InChI=1S/C21H19NO4/c1-14-4-3-5-17-20(23)16(8-10-26-21(14)17)12-15-6-7-18(25-11-9-22)19(13-15)24-2/h3-7,12-13H,8,10-11H2,1-2H3/b16-12+. The summed E-state index contributed by atoms with van der Waals surface area (Å²) < 4.78 is 16.4. The van der Waals surface area contributed by atoms with Gasteiger partial charge in [0.05, 0.1) is 19.3 Å². The Morgan fingerprint density at radius 1 is 1.27 bits per heavy atom. The summed E-state index contributed by atoms with van der Waals surface area (Å²) in [6.07, 6.45) is 2.38. The van der Waals surface area contributed by atoms with E-state index >= 15 is 0 Å². The van der Waals surface area contributed by atoms with Crippen LogP contribution in [0, 0.1) is 18.3 Å². The summed E-state index contributed by atoms with van der Waals surface area (Å²) in [5.41, 5.74) is 3.06. The molecule has 0 saturated heterocycles. The van der Waals surface area contributed by atoms with Crippen LogP contribution in [-0.4, -0.2) is 26.1 Å². The zero-order chi connectivity index (χ0) is 18.5. The number of para-hydroxylation sites is 1. The molecular weight excluding hydrogens is 330 g/mol. The average molecular weight is 349 g/mol. The number of benzene rings is 2. The van der Waals surface area contributed by atoms with Crippen molar-refractivity contribution in [2.75, 3.05) is 20.3 Å². The fourth-order valence-electron chi connectivity index (χ4n) is 2.91. The van der Waals surface area contributed by atoms with Crippen molar-refractivity contribution in [1.82, 2.24) is 0 Å². The highest BCUT2D eigenvalue weighted by molar-refractivity contribution is 6.13. The number of nitrogens with zero attached hydrogens (tertiary/aromatic N) is 1. The van der Waals surface area contributed by atoms with Crippen LogP contribution in [-0.2, 0) is 0 Å². The van der Waals surface area contributed by atoms with Gasteiger partial charge in [0.15, 0.2) is 23.9 Å². The SMILES string of the molecule is COc1cc(/C=C2\CCOc3c(C)cccc3C2=O)ccc1OCC#N. The lowest BCUT2D eigenvalue weighted by Gasteiger charge is -2.10. The number of Topliss-reactive ketones (excluding diaryl/α,β-unsaturated/α-hetero) is 1. The van der Waals surface area contributed by atoms with Gasteiger partial charge in [0.1, 0.15) is 11.8 Å². The van der Waals surface area contributed by atoms with E-state index in [2.05, 4.69) is 0 Å². The topological polar surface area (TPSA) is 68.6 Å². The molecule has 0 saturated carbocycles. The van der Waals surface area contributed by atoms with Gasteiger partial charge in [-0.3, -0.25) is 4.79 Å². The molecule has 0 amide bonds. The minimum atomic E-state index is -0.0528. The van der Waals surface area contributed by atoms with Crippen molar-refractivity contribution in [3.05, 3.63) is 58.7 Å². The Kier molecular flexibility index (Phi) is 5.23. The maximum absolute atomic E-state index is 12.9. The Bertz CT molecular complexity index is 909. The number of aryl methyl sites for hydroxylation is 1. The summed E-state index contributed by atoms with van der Waals surface area (Å²) >= 11 is 0. The predicted octanol–water partition coefficient (Wildman–Crippen LogP) is 3.95. The Hall–Kier alpha value is -3.26. The molecule has 0 N–H and O–H groups in total. The van der Waals surface area contributed by atoms with E-state index in [0.29, 0.717) is 41.4 Å². The van der Waals surface area contributed by atoms with Crippen molar-refractivity contribution in [2.24, 2.45) is 0 Å². The maximum Gasteiger partial charge on any atom is 0.192 e. The molecule has 0 radical (unpaired) electrons. The van der Waals surface area contributed by atoms with Crippen molar-refractivity contribution in [3.8, 4) is 23.3 Å². The first kappa shape index (κ1) is 17.6. The van der Waals surface area contributed by atoms with Crippen molar-refractivity contribution >= 4 is 11.9 Å². The van der Waals surface area contributed by atoms with Gasteiger partial charge in [0.2, 0.25) is 0 Å². The summed E-state index contributed by atoms with van der Waals surface area (Å²) in [6.45, 7) is 2.34. The highest BCUT2D eigenvalue weighted by Crippen LogP contribution is 2.32. The molecule has 5 nitrogen and oxygen atoms in total. The molecule has 3 rings (SSSR count). The van der Waals surface area contributed by atoms with Gasteiger partial charge in [0.25, 0.3) is 0 Å². The molecule has 0 spiro atoms. The minimum Gasteiger partial charge on any atom is -0.493 e. The van der Waals surface area contributed by atoms with Gasteiger partial charge in [-0.05, 0) is 42.3 Å². The number of carbonyl (C=O) groups is 1. The highest BCUT2D eigenvalue weighted by atomic mass is 16.5. The van der Waals surface area contributed by atoms with Crippen molar-refractivity contribution < 1.29 is 19.0 Å². The molecular formula is C21H19NO4. The third kappa shape index (κ3) is 3.55. The van der Waals surface area contributed by atoms with Gasteiger partial charge in [-0.15, -0.1) is 0 Å². The largest absolute Gasteiger partial charge is 0.493 e. The summed E-state index contributed by atoms with van der Waals surface area (Å²) in [7, 11) is 1.54. The molecule has 2 aromatic rings. The molecule has 0 unspecified atom stereocenters. The van der Waals surface area contributed by atoms with Crippen LogP contribution in [0.3, 0.4) is 0 Å². The molecule has 1 aliphatic rings. The summed E-state index contributed by atoms with van der Waals surface area (Å²) in [5, 5.41) is 8.64. The molecule has 0 bridgehead atoms. The van der Waals surface area contributed by atoms with Crippen LogP contribution in [0.2, 0.25) is 0 Å². The number of hydrogen-bond acceptors (Lipinski definition) is 5. The van der Waals surface area contributed by atoms with Crippen LogP contribution in [0.25, 0.3) is 6.08 Å². The molecule has 0 atom stereocenters. The van der Waals surface area contributed by atoms with Crippen LogP contribution in [0.5, 0.6) is 17.2 Å². The second kappa shape index (κ2) is 7.75. The number of methoxy groups -OCH3 is 1. The number of rotatable bonds is 4. The van der Waals surface area contributed by atoms with E-state index in [1.54, 1.807) is 18.2 Å². The van der Waals surface area contributed by atoms with Gasteiger partial charge in [-0.1, -0.05) is 18.2 Å². The lowest BCUT2D eigenvalue weighted by molar-refractivity contribution is 0.103. The van der Waals surface area contributed by atoms with E-state index in [0.717, 1.165) is 11.1 Å². The molecule has 0 aliphatic carbocycles. The third-order valence-corrected chi connectivity index (χ3v) is 4.19. The van der Waals surface area contributed by atoms with Crippen LogP contribution < -0.4 is 14.2 Å². The van der Waals surface area contributed by atoms with Crippen LogP contribution >= 0.6 is 0 Å². The number of ketones is 1. The minimum absolute atomic E-state index is 0.0232. The first-order chi connectivity index (χ1) is 12.6. The van der Waals surface area contributed by atoms with Crippen molar-refractivity contribution in [3.63, 3.8) is 0 Å². The smallest absolute Gasteiger partial charge is 0.192 e. The lowest BCUT2D eigenvalue weighted by Crippen LogP contribution is -2.02. The van der Waals surface area contributed by atoms with E-state index < -0.39 is 0 Å². The summed E-state index contributed by atoms with van der Waals surface area (Å²) in [6, 6.07) is 12.9. The fourth-order valence-corrected chi connectivity index (χ4v) is 2.91. The second-order valence-corrected chi connectivity index (χ2v) is 5.91. The zero-order valence-electron chi connectivity index (χ0n) is 14.7. The molecule has 0 aromatic heterocycles. The average Bonchev–Trinajstić information content (AvgIpc) is 2.81. The summed E-state index contributed by atoms with van der Waals surface area (Å²) in [5.74, 6) is 1.65. The Morgan fingerprint density at radius 2 is 2.12 bits per heavy atom. The van der Waals surface area contributed by atoms with Crippen LogP contribution in [0.4, 0.5) is 0 Å². The fraction of sp³-hybridized carbons (Fsp3) is 0.238. The third-order valence-electron chi connectivity index (χ3n) is 4.19. The van der Waals surface area contributed by atoms with E-state index in [4.69, 9.17) is 19.5 Å². The quantitative estimate of drug-likeness (QED) is 0.782. The lowest BCUT2D eigenvalue weighted by atomic mass is 9.97. The van der Waals surface area contributed by atoms with Gasteiger partial charge >= 0.3 is 0 Å². The van der Waals surface area contributed by atoms with Gasteiger partial charge in [-0.2, -0.15) is 5.26 Å². The normalized spacial score (nSPS) is 14.8. The monoisotopic (exact) mass is 349 g/mol. The Morgan fingerprint density at radius 3 is 2.88 bits per heavy atom. The second-order valence-electron chi connectivity index (χ2n) is 5.91. The summed E-state index contributed by atoms with van der Waals surface area (Å²) in [4.78, 5) is 12.9. The number of nitriles is 1. The molecule has 5 heteroatoms. The number of fused-ring (bicyclic) bond motifs is 1. The van der Waals surface area contributed by atoms with E-state index in [1.807, 2.05) is 37.3 Å². The first-order valence-corrected chi connectivity index (χ1v) is 8.29. The van der Waals surface area contributed by atoms with Crippen LogP contribution in [0.1, 0.15) is 27.9 Å². The highest BCUT2D eigenvalue weighted by Gasteiger charge is 2.22. The van der Waals surface area contributed by atoms with Crippen molar-refractivity contribution in [2.45, 2.75) is 13.3 Å². The molecule has 132 valence electrons. The van der Waals surface area contributed by atoms with Crippen LogP contribution in [0.15, 0.2) is 42.0 Å². The number of hydrogen-bond donors (Lipinski definition) is 0. The van der Waals surface area contributed by atoms with E-state index in [9.17, 15) is 4.79 Å². The van der Waals surface area contributed by atoms with Gasteiger partial charge < -0.3 is 14.2 Å². The molecule has 1 heterocycles. The van der Waals surface area contributed by atoms with Gasteiger partial charge in [0, 0.05) is 12.0 Å².